The van der Waals surface area contributed by atoms with Gasteiger partial charge >= 0.3 is 0 Å². The molecule has 2 aromatic rings. The highest BCUT2D eigenvalue weighted by Gasteiger charge is 2.15. The maximum atomic E-state index is 9.10. The van der Waals surface area contributed by atoms with Gasteiger partial charge in [0.2, 0.25) is 6.79 Å². The SMILES string of the molecule is Cc1cccc(C#N)c1Oc1ccc2c(c1)OCO2. The van der Waals surface area contributed by atoms with Crippen molar-refractivity contribution in [3.8, 4) is 29.1 Å². The van der Waals surface area contributed by atoms with Crippen molar-refractivity contribution in [2.24, 2.45) is 0 Å². The van der Waals surface area contributed by atoms with Crippen LogP contribution in [0.15, 0.2) is 36.4 Å². The third kappa shape index (κ3) is 2.06. The van der Waals surface area contributed by atoms with Crippen molar-refractivity contribution in [3.05, 3.63) is 47.5 Å². The fraction of sp³-hybridized carbons (Fsp3) is 0.133. The zero-order valence-electron chi connectivity index (χ0n) is 10.3. The lowest BCUT2D eigenvalue weighted by atomic mass is 10.1. The molecule has 0 aromatic heterocycles. The number of aryl methyl sites for hydroxylation is 1. The lowest BCUT2D eigenvalue weighted by Crippen LogP contribution is -1.93. The summed E-state index contributed by atoms with van der Waals surface area (Å²) in [5.41, 5.74) is 1.43. The third-order valence-electron chi connectivity index (χ3n) is 2.90. The van der Waals surface area contributed by atoms with Crippen LogP contribution in [-0.4, -0.2) is 6.79 Å². The van der Waals surface area contributed by atoms with E-state index in [-0.39, 0.29) is 6.79 Å². The minimum absolute atomic E-state index is 0.229. The zero-order valence-corrected chi connectivity index (χ0v) is 10.3. The van der Waals surface area contributed by atoms with E-state index < -0.39 is 0 Å². The number of nitriles is 1. The summed E-state index contributed by atoms with van der Waals surface area (Å²) in [6.45, 7) is 2.13. The molecule has 0 saturated carbocycles. The van der Waals surface area contributed by atoms with Crippen molar-refractivity contribution in [3.63, 3.8) is 0 Å². The maximum absolute atomic E-state index is 9.10. The van der Waals surface area contributed by atoms with Crippen LogP contribution >= 0.6 is 0 Å². The molecular weight excluding hydrogens is 242 g/mol. The molecule has 1 aliphatic heterocycles. The number of rotatable bonds is 2. The van der Waals surface area contributed by atoms with Crippen LogP contribution in [0.25, 0.3) is 0 Å². The highest BCUT2D eigenvalue weighted by molar-refractivity contribution is 5.52. The lowest BCUT2D eigenvalue weighted by Gasteiger charge is -2.10. The molecule has 2 aromatic carbocycles. The lowest BCUT2D eigenvalue weighted by molar-refractivity contribution is 0.174. The second-order valence-corrected chi connectivity index (χ2v) is 4.18. The fourth-order valence-corrected chi connectivity index (χ4v) is 1.93. The molecule has 94 valence electrons. The number of hydrogen-bond acceptors (Lipinski definition) is 4. The first-order valence-electron chi connectivity index (χ1n) is 5.85. The van der Waals surface area contributed by atoms with Gasteiger partial charge in [0.15, 0.2) is 11.5 Å². The molecule has 0 radical (unpaired) electrons. The van der Waals surface area contributed by atoms with Gasteiger partial charge in [0.1, 0.15) is 17.6 Å². The quantitative estimate of drug-likeness (QED) is 0.823. The maximum Gasteiger partial charge on any atom is 0.231 e. The van der Waals surface area contributed by atoms with Gasteiger partial charge in [-0.1, -0.05) is 12.1 Å². The summed E-state index contributed by atoms with van der Waals surface area (Å²) in [6, 6.07) is 12.9. The van der Waals surface area contributed by atoms with Crippen molar-refractivity contribution >= 4 is 0 Å². The van der Waals surface area contributed by atoms with Crippen LogP contribution < -0.4 is 14.2 Å². The standard InChI is InChI=1S/C15H11NO3/c1-10-3-2-4-11(8-16)15(10)19-12-5-6-13-14(7-12)18-9-17-13/h2-7H,9H2,1H3. The largest absolute Gasteiger partial charge is 0.456 e. The molecular formula is C15H11NO3. The Morgan fingerprint density at radius 3 is 2.84 bits per heavy atom. The Bertz CT molecular complexity index is 674. The first-order chi connectivity index (χ1) is 9.28. The van der Waals surface area contributed by atoms with Crippen LogP contribution in [0.3, 0.4) is 0 Å². The molecule has 0 fully saturated rings. The average molecular weight is 253 g/mol. The Morgan fingerprint density at radius 2 is 2.00 bits per heavy atom. The van der Waals surface area contributed by atoms with Crippen molar-refractivity contribution in [2.75, 3.05) is 6.79 Å². The molecule has 1 aliphatic rings. The third-order valence-corrected chi connectivity index (χ3v) is 2.90. The second-order valence-electron chi connectivity index (χ2n) is 4.18. The predicted octanol–water partition coefficient (Wildman–Crippen LogP) is 3.39. The topological polar surface area (TPSA) is 51.5 Å². The van der Waals surface area contributed by atoms with E-state index in [4.69, 9.17) is 19.5 Å². The summed E-state index contributed by atoms with van der Waals surface area (Å²) >= 11 is 0. The predicted molar refractivity (Wildman–Crippen MR) is 68.5 cm³/mol. The Balaban J connectivity index is 1.96. The molecule has 1 heterocycles. The summed E-state index contributed by atoms with van der Waals surface area (Å²) in [6.07, 6.45) is 0. The Kier molecular flexibility index (Phi) is 2.73. The first-order valence-corrected chi connectivity index (χ1v) is 5.85. The molecule has 0 saturated heterocycles. The van der Waals surface area contributed by atoms with E-state index in [0.717, 1.165) is 5.56 Å². The number of benzene rings is 2. The Labute approximate surface area is 110 Å². The van der Waals surface area contributed by atoms with Gasteiger partial charge in [-0.05, 0) is 30.7 Å². The molecule has 0 atom stereocenters. The van der Waals surface area contributed by atoms with Gasteiger partial charge in [0.25, 0.3) is 0 Å². The number of hydrogen-bond donors (Lipinski definition) is 0. The molecule has 0 bridgehead atoms. The van der Waals surface area contributed by atoms with Crippen LogP contribution in [0, 0.1) is 18.3 Å². The van der Waals surface area contributed by atoms with Crippen molar-refractivity contribution in [1.82, 2.24) is 0 Å². The van der Waals surface area contributed by atoms with E-state index >= 15 is 0 Å². The van der Waals surface area contributed by atoms with Gasteiger partial charge in [-0.3, -0.25) is 0 Å². The van der Waals surface area contributed by atoms with E-state index in [9.17, 15) is 0 Å². The van der Waals surface area contributed by atoms with E-state index in [0.29, 0.717) is 28.6 Å². The van der Waals surface area contributed by atoms with Crippen molar-refractivity contribution < 1.29 is 14.2 Å². The molecule has 0 aliphatic carbocycles. The molecule has 0 unspecified atom stereocenters. The van der Waals surface area contributed by atoms with Crippen LogP contribution in [-0.2, 0) is 0 Å². The monoisotopic (exact) mass is 253 g/mol. The minimum atomic E-state index is 0.229. The summed E-state index contributed by atoms with van der Waals surface area (Å²) in [4.78, 5) is 0. The van der Waals surface area contributed by atoms with Gasteiger partial charge in [0.05, 0.1) is 5.56 Å². The molecule has 19 heavy (non-hydrogen) atoms. The summed E-state index contributed by atoms with van der Waals surface area (Å²) in [5.74, 6) is 2.56. The smallest absolute Gasteiger partial charge is 0.231 e. The summed E-state index contributed by atoms with van der Waals surface area (Å²) < 4.78 is 16.3. The van der Waals surface area contributed by atoms with Gasteiger partial charge in [-0.2, -0.15) is 5.26 Å². The number of fused-ring (bicyclic) bond motifs is 1. The van der Waals surface area contributed by atoms with Crippen molar-refractivity contribution in [2.45, 2.75) is 6.92 Å². The molecule has 4 heteroatoms. The van der Waals surface area contributed by atoms with Crippen LogP contribution in [0.5, 0.6) is 23.0 Å². The van der Waals surface area contributed by atoms with Gasteiger partial charge in [-0.15, -0.1) is 0 Å². The summed E-state index contributed by atoms with van der Waals surface area (Å²) in [7, 11) is 0. The normalized spacial score (nSPS) is 12.0. The Hall–Kier alpha value is -2.67. The molecule has 0 amide bonds. The van der Waals surface area contributed by atoms with Crippen LogP contribution in [0.4, 0.5) is 0 Å². The molecule has 0 spiro atoms. The highest BCUT2D eigenvalue weighted by atomic mass is 16.7. The Morgan fingerprint density at radius 1 is 1.16 bits per heavy atom. The van der Waals surface area contributed by atoms with E-state index in [2.05, 4.69) is 6.07 Å². The van der Waals surface area contributed by atoms with Crippen LogP contribution in [0.2, 0.25) is 0 Å². The average Bonchev–Trinajstić information content (AvgIpc) is 2.88. The zero-order chi connectivity index (χ0) is 13.2. The van der Waals surface area contributed by atoms with E-state index in [1.807, 2.05) is 19.1 Å². The minimum Gasteiger partial charge on any atom is -0.456 e. The number of nitrogens with zero attached hydrogens (tertiary/aromatic N) is 1. The van der Waals surface area contributed by atoms with E-state index in [1.165, 1.54) is 0 Å². The molecule has 4 nitrogen and oxygen atoms in total. The van der Waals surface area contributed by atoms with Gasteiger partial charge in [0, 0.05) is 6.07 Å². The fourth-order valence-electron chi connectivity index (χ4n) is 1.93. The van der Waals surface area contributed by atoms with Gasteiger partial charge < -0.3 is 14.2 Å². The number of ether oxygens (including phenoxy) is 3. The summed E-state index contributed by atoms with van der Waals surface area (Å²) in [5, 5.41) is 9.10. The first kappa shape index (κ1) is 11.4. The molecule has 3 rings (SSSR count). The molecule has 0 N–H and O–H groups in total. The van der Waals surface area contributed by atoms with Gasteiger partial charge in [-0.25, -0.2) is 0 Å². The number of para-hydroxylation sites is 1. The van der Waals surface area contributed by atoms with E-state index in [1.54, 1.807) is 24.3 Å². The van der Waals surface area contributed by atoms with Crippen LogP contribution in [0.1, 0.15) is 11.1 Å². The van der Waals surface area contributed by atoms with Crippen molar-refractivity contribution in [1.29, 1.82) is 5.26 Å². The second kappa shape index (κ2) is 4.54. The highest BCUT2D eigenvalue weighted by Crippen LogP contribution is 2.37.